The highest BCUT2D eigenvalue weighted by Crippen LogP contribution is 2.26. The molecule has 0 fully saturated rings. The Morgan fingerprint density at radius 2 is 2.18 bits per heavy atom. The van der Waals surface area contributed by atoms with Gasteiger partial charge in [0.2, 0.25) is 0 Å². The van der Waals surface area contributed by atoms with Crippen molar-refractivity contribution in [2.45, 2.75) is 12.6 Å². The molecule has 0 aromatic heterocycles. The third kappa shape index (κ3) is 4.52. The van der Waals surface area contributed by atoms with Crippen molar-refractivity contribution in [2.24, 2.45) is 0 Å². The van der Waals surface area contributed by atoms with Crippen molar-refractivity contribution in [1.29, 1.82) is 0 Å². The van der Waals surface area contributed by atoms with E-state index in [0.717, 1.165) is 5.56 Å². The quantitative estimate of drug-likeness (QED) is 0.778. The number of hydrogen-bond acceptors (Lipinski definition) is 4. The molecule has 1 rings (SSSR count). The normalized spacial score (nSPS) is 12.5. The molecule has 0 aliphatic rings. The van der Waals surface area contributed by atoms with Gasteiger partial charge in [-0.2, -0.15) is 0 Å². The smallest absolute Gasteiger partial charge is 0.125 e. The first-order chi connectivity index (χ1) is 8.19. The van der Waals surface area contributed by atoms with Crippen LogP contribution in [0, 0.1) is 0 Å². The van der Waals surface area contributed by atoms with Gasteiger partial charge in [-0.1, -0.05) is 17.7 Å². The first kappa shape index (κ1) is 14.3. The van der Waals surface area contributed by atoms with Crippen molar-refractivity contribution in [3.8, 4) is 5.75 Å². The lowest BCUT2D eigenvalue weighted by Crippen LogP contribution is -2.23. The van der Waals surface area contributed by atoms with Crippen molar-refractivity contribution < 1.29 is 14.6 Å². The zero-order valence-corrected chi connectivity index (χ0v) is 10.8. The number of methoxy groups -OCH3 is 1. The molecule has 0 radical (unpaired) electrons. The van der Waals surface area contributed by atoms with Crippen molar-refractivity contribution >= 4 is 11.6 Å². The minimum atomic E-state index is -0.638. The van der Waals surface area contributed by atoms with Crippen LogP contribution in [0.4, 0.5) is 0 Å². The molecule has 0 bridgehead atoms. The van der Waals surface area contributed by atoms with Gasteiger partial charge < -0.3 is 19.9 Å². The molecule has 1 unspecified atom stereocenters. The van der Waals surface area contributed by atoms with E-state index in [1.165, 1.54) is 7.11 Å². The van der Waals surface area contributed by atoms with Gasteiger partial charge in [0.25, 0.3) is 0 Å². The zero-order valence-electron chi connectivity index (χ0n) is 10.1. The van der Waals surface area contributed by atoms with Gasteiger partial charge in [0.15, 0.2) is 0 Å². The van der Waals surface area contributed by atoms with Gasteiger partial charge in [-0.15, -0.1) is 0 Å². The summed E-state index contributed by atoms with van der Waals surface area (Å²) in [6.45, 7) is 1.06. The molecule has 0 aliphatic carbocycles. The van der Waals surface area contributed by atoms with Crippen LogP contribution in [0.2, 0.25) is 5.02 Å². The summed E-state index contributed by atoms with van der Waals surface area (Å²) in [6, 6.07) is 5.46. The molecular weight excluding hydrogens is 242 g/mol. The minimum Gasteiger partial charge on any atom is -0.490 e. The summed E-state index contributed by atoms with van der Waals surface area (Å²) in [5, 5.41) is 13.2. The van der Waals surface area contributed by atoms with Crippen LogP contribution >= 0.6 is 11.6 Å². The number of aliphatic hydroxyl groups is 1. The van der Waals surface area contributed by atoms with E-state index in [-0.39, 0.29) is 13.2 Å². The molecule has 5 heteroatoms. The molecule has 1 aromatic carbocycles. The molecule has 0 spiro atoms. The van der Waals surface area contributed by atoms with Crippen molar-refractivity contribution in [2.75, 3.05) is 27.4 Å². The van der Waals surface area contributed by atoms with E-state index in [2.05, 4.69) is 5.32 Å². The lowest BCUT2D eigenvalue weighted by atomic mass is 10.2. The number of nitrogens with one attached hydrogen (secondary N) is 1. The summed E-state index contributed by atoms with van der Waals surface area (Å²) < 4.78 is 10.4. The molecule has 1 atom stereocenters. The van der Waals surface area contributed by atoms with Gasteiger partial charge in [-0.25, -0.2) is 0 Å². The predicted octanol–water partition coefficient (Wildman–Crippen LogP) is 1.45. The SMILES string of the molecule is CNCc1c(Cl)cccc1OCC(O)COC. The first-order valence-electron chi connectivity index (χ1n) is 5.40. The molecule has 4 nitrogen and oxygen atoms in total. The second-order valence-electron chi connectivity index (χ2n) is 3.67. The van der Waals surface area contributed by atoms with Gasteiger partial charge in [0.1, 0.15) is 18.5 Å². The third-order valence-electron chi connectivity index (χ3n) is 2.22. The summed E-state index contributed by atoms with van der Waals surface area (Å²) in [5.41, 5.74) is 0.890. The molecule has 0 saturated heterocycles. The summed E-state index contributed by atoms with van der Waals surface area (Å²) in [7, 11) is 3.38. The maximum Gasteiger partial charge on any atom is 0.125 e. The predicted molar refractivity (Wildman–Crippen MR) is 67.6 cm³/mol. The lowest BCUT2D eigenvalue weighted by Gasteiger charge is -2.15. The highest BCUT2D eigenvalue weighted by atomic mass is 35.5. The molecule has 0 aliphatic heterocycles. The van der Waals surface area contributed by atoms with Gasteiger partial charge in [-0.3, -0.25) is 0 Å². The van der Waals surface area contributed by atoms with Crippen LogP contribution in [-0.4, -0.2) is 38.6 Å². The van der Waals surface area contributed by atoms with Gasteiger partial charge in [0.05, 0.1) is 6.61 Å². The average molecular weight is 260 g/mol. The van der Waals surface area contributed by atoms with Crippen LogP contribution in [0.3, 0.4) is 0 Å². The highest BCUT2D eigenvalue weighted by molar-refractivity contribution is 6.31. The van der Waals surface area contributed by atoms with E-state index >= 15 is 0 Å². The molecule has 96 valence electrons. The fraction of sp³-hybridized carbons (Fsp3) is 0.500. The number of ether oxygens (including phenoxy) is 2. The molecule has 0 amide bonds. The Bertz CT molecular complexity index is 347. The minimum absolute atomic E-state index is 0.185. The fourth-order valence-corrected chi connectivity index (χ4v) is 1.68. The fourth-order valence-electron chi connectivity index (χ4n) is 1.45. The molecule has 17 heavy (non-hydrogen) atoms. The van der Waals surface area contributed by atoms with Crippen LogP contribution < -0.4 is 10.1 Å². The Kier molecular flexibility index (Phi) is 6.29. The summed E-state index contributed by atoms with van der Waals surface area (Å²) in [4.78, 5) is 0. The Labute approximate surface area is 106 Å². The monoisotopic (exact) mass is 259 g/mol. The topological polar surface area (TPSA) is 50.7 Å². The standard InChI is InChI=1S/C12H18ClNO3/c1-14-6-10-11(13)4-3-5-12(10)17-8-9(15)7-16-2/h3-5,9,14-15H,6-8H2,1-2H3. The van der Waals surface area contributed by atoms with Gasteiger partial charge in [0, 0.05) is 24.2 Å². The van der Waals surface area contributed by atoms with E-state index in [9.17, 15) is 5.11 Å². The van der Waals surface area contributed by atoms with Crippen molar-refractivity contribution in [3.05, 3.63) is 28.8 Å². The zero-order chi connectivity index (χ0) is 12.7. The van der Waals surface area contributed by atoms with Crippen LogP contribution in [-0.2, 0) is 11.3 Å². The lowest BCUT2D eigenvalue weighted by molar-refractivity contribution is 0.0323. The van der Waals surface area contributed by atoms with E-state index in [0.29, 0.717) is 17.3 Å². The third-order valence-corrected chi connectivity index (χ3v) is 2.57. The molecule has 0 heterocycles. The second kappa shape index (κ2) is 7.50. The molecular formula is C12H18ClNO3. The van der Waals surface area contributed by atoms with Crippen LogP contribution in [0.1, 0.15) is 5.56 Å². The molecule has 2 N–H and O–H groups in total. The first-order valence-corrected chi connectivity index (χ1v) is 5.78. The Morgan fingerprint density at radius 1 is 1.41 bits per heavy atom. The number of rotatable bonds is 7. The number of halogens is 1. The van der Waals surface area contributed by atoms with E-state index in [1.807, 2.05) is 25.2 Å². The van der Waals surface area contributed by atoms with Gasteiger partial charge in [-0.05, 0) is 19.2 Å². The van der Waals surface area contributed by atoms with Crippen LogP contribution in [0.15, 0.2) is 18.2 Å². The molecule has 1 aromatic rings. The number of benzene rings is 1. The second-order valence-corrected chi connectivity index (χ2v) is 4.07. The van der Waals surface area contributed by atoms with Crippen molar-refractivity contribution in [3.63, 3.8) is 0 Å². The molecule has 0 saturated carbocycles. The van der Waals surface area contributed by atoms with Gasteiger partial charge >= 0.3 is 0 Å². The largest absolute Gasteiger partial charge is 0.490 e. The maximum atomic E-state index is 9.50. The Morgan fingerprint density at radius 3 is 2.82 bits per heavy atom. The summed E-state index contributed by atoms with van der Waals surface area (Å²) in [6.07, 6.45) is -0.638. The Hall–Kier alpha value is -0.810. The van der Waals surface area contributed by atoms with Crippen LogP contribution in [0.25, 0.3) is 0 Å². The van der Waals surface area contributed by atoms with E-state index in [4.69, 9.17) is 21.1 Å². The maximum absolute atomic E-state index is 9.50. The van der Waals surface area contributed by atoms with E-state index < -0.39 is 6.10 Å². The van der Waals surface area contributed by atoms with Crippen molar-refractivity contribution in [1.82, 2.24) is 5.32 Å². The number of hydrogen-bond donors (Lipinski definition) is 2. The Balaban J connectivity index is 2.66. The van der Waals surface area contributed by atoms with E-state index in [1.54, 1.807) is 0 Å². The summed E-state index contributed by atoms with van der Waals surface area (Å²) in [5.74, 6) is 0.682. The summed E-state index contributed by atoms with van der Waals surface area (Å²) >= 11 is 6.08. The van der Waals surface area contributed by atoms with Crippen LogP contribution in [0.5, 0.6) is 5.75 Å². The average Bonchev–Trinajstić information content (AvgIpc) is 2.30. The highest BCUT2D eigenvalue weighted by Gasteiger charge is 2.10. The number of aliphatic hydroxyl groups excluding tert-OH is 1.